The van der Waals surface area contributed by atoms with E-state index in [-0.39, 0.29) is 11.4 Å². The SMILES string of the molecule is CC(C)(CNC(=O)NCc1ccnc(N2CCCC2)c1)c1ccccc1. The maximum absolute atomic E-state index is 12.2. The Morgan fingerprint density at radius 3 is 2.58 bits per heavy atom. The van der Waals surface area contributed by atoms with Gasteiger partial charge < -0.3 is 15.5 Å². The number of urea groups is 1. The van der Waals surface area contributed by atoms with Crippen LogP contribution in [-0.2, 0) is 12.0 Å². The molecule has 1 saturated heterocycles. The zero-order valence-electron chi connectivity index (χ0n) is 15.7. The van der Waals surface area contributed by atoms with Crippen molar-refractivity contribution in [3.63, 3.8) is 0 Å². The van der Waals surface area contributed by atoms with E-state index < -0.39 is 0 Å². The molecule has 0 bridgehead atoms. The topological polar surface area (TPSA) is 57.3 Å². The third-order valence-electron chi connectivity index (χ3n) is 4.94. The van der Waals surface area contributed by atoms with Crippen LogP contribution in [0.5, 0.6) is 0 Å². The first-order valence-corrected chi connectivity index (χ1v) is 9.32. The van der Waals surface area contributed by atoms with E-state index >= 15 is 0 Å². The molecule has 0 atom stereocenters. The van der Waals surface area contributed by atoms with Crippen LogP contribution in [0.4, 0.5) is 10.6 Å². The van der Waals surface area contributed by atoms with E-state index in [1.165, 1.54) is 18.4 Å². The number of carbonyl (C=O) groups is 1. The van der Waals surface area contributed by atoms with Gasteiger partial charge in [0.2, 0.25) is 0 Å². The van der Waals surface area contributed by atoms with Gasteiger partial charge in [0.25, 0.3) is 0 Å². The van der Waals surface area contributed by atoms with E-state index in [1.54, 1.807) is 0 Å². The Labute approximate surface area is 155 Å². The van der Waals surface area contributed by atoms with Crippen LogP contribution in [0.2, 0.25) is 0 Å². The van der Waals surface area contributed by atoms with Crippen molar-refractivity contribution in [3.8, 4) is 0 Å². The standard InChI is InChI=1S/C21H28N4O/c1-21(2,18-8-4-3-5-9-18)16-24-20(26)23-15-17-10-11-22-19(14-17)25-12-6-7-13-25/h3-5,8-11,14H,6-7,12-13,15-16H2,1-2H3,(H2,23,24,26). The quantitative estimate of drug-likeness (QED) is 0.837. The fraction of sp³-hybridized carbons (Fsp3) is 0.429. The molecule has 1 aromatic heterocycles. The number of anilines is 1. The molecule has 0 unspecified atom stereocenters. The van der Waals surface area contributed by atoms with Crippen molar-refractivity contribution in [2.75, 3.05) is 24.5 Å². The molecule has 5 nitrogen and oxygen atoms in total. The van der Waals surface area contributed by atoms with Crippen LogP contribution >= 0.6 is 0 Å². The molecule has 1 aliphatic rings. The highest BCUT2D eigenvalue weighted by atomic mass is 16.2. The molecule has 138 valence electrons. The summed E-state index contributed by atoms with van der Waals surface area (Å²) in [7, 11) is 0. The van der Waals surface area contributed by atoms with Crippen molar-refractivity contribution in [1.82, 2.24) is 15.6 Å². The summed E-state index contributed by atoms with van der Waals surface area (Å²) in [5.41, 5.74) is 2.17. The van der Waals surface area contributed by atoms with Gasteiger partial charge in [-0.15, -0.1) is 0 Å². The lowest BCUT2D eigenvalue weighted by Gasteiger charge is -2.25. The molecule has 0 aliphatic carbocycles. The van der Waals surface area contributed by atoms with Gasteiger partial charge >= 0.3 is 6.03 Å². The molecule has 1 aromatic carbocycles. The minimum absolute atomic E-state index is 0.113. The van der Waals surface area contributed by atoms with Crippen molar-refractivity contribution < 1.29 is 4.79 Å². The van der Waals surface area contributed by atoms with Crippen LogP contribution in [0.3, 0.4) is 0 Å². The number of amides is 2. The molecule has 1 fully saturated rings. The summed E-state index contributed by atoms with van der Waals surface area (Å²) in [6, 6.07) is 14.1. The largest absolute Gasteiger partial charge is 0.357 e. The van der Waals surface area contributed by atoms with Gasteiger partial charge in [0.15, 0.2) is 0 Å². The molecule has 5 heteroatoms. The van der Waals surface area contributed by atoms with Gasteiger partial charge in [0.1, 0.15) is 5.82 Å². The molecule has 0 saturated carbocycles. The summed E-state index contributed by atoms with van der Waals surface area (Å²) in [5.74, 6) is 1.01. The number of rotatable bonds is 6. The normalized spacial score (nSPS) is 14.3. The van der Waals surface area contributed by atoms with Gasteiger partial charge in [0, 0.05) is 37.8 Å². The highest BCUT2D eigenvalue weighted by Crippen LogP contribution is 2.21. The summed E-state index contributed by atoms with van der Waals surface area (Å²) in [6.07, 6.45) is 4.27. The summed E-state index contributed by atoms with van der Waals surface area (Å²) >= 11 is 0. The predicted molar refractivity (Wildman–Crippen MR) is 105 cm³/mol. The lowest BCUT2D eigenvalue weighted by molar-refractivity contribution is 0.238. The molecule has 3 rings (SSSR count). The lowest BCUT2D eigenvalue weighted by atomic mass is 9.85. The Bertz CT molecular complexity index is 724. The van der Waals surface area contributed by atoms with Crippen LogP contribution in [0.25, 0.3) is 0 Å². The van der Waals surface area contributed by atoms with E-state index in [2.05, 4.69) is 52.6 Å². The van der Waals surface area contributed by atoms with E-state index in [0.717, 1.165) is 24.5 Å². The highest BCUT2D eigenvalue weighted by Gasteiger charge is 2.21. The minimum atomic E-state index is -0.145. The monoisotopic (exact) mass is 352 g/mol. The number of hydrogen-bond donors (Lipinski definition) is 2. The molecule has 0 radical (unpaired) electrons. The third-order valence-corrected chi connectivity index (χ3v) is 4.94. The third kappa shape index (κ3) is 4.75. The van der Waals surface area contributed by atoms with Crippen LogP contribution in [0.15, 0.2) is 48.7 Å². The number of benzene rings is 1. The molecular formula is C21H28N4O. The number of hydrogen-bond acceptors (Lipinski definition) is 3. The van der Waals surface area contributed by atoms with E-state index in [1.807, 2.05) is 30.5 Å². The summed E-state index contributed by atoms with van der Waals surface area (Å²) in [4.78, 5) is 18.9. The van der Waals surface area contributed by atoms with Gasteiger partial charge in [-0.25, -0.2) is 9.78 Å². The summed E-state index contributed by atoms with van der Waals surface area (Å²) in [6.45, 7) is 7.48. The fourth-order valence-electron chi connectivity index (χ4n) is 3.23. The van der Waals surface area contributed by atoms with Gasteiger partial charge in [0.05, 0.1) is 0 Å². The molecule has 26 heavy (non-hydrogen) atoms. The smallest absolute Gasteiger partial charge is 0.315 e. The van der Waals surface area contributed by atoms with E-state index in [9.17, 15) is 4.79 Å². The molecular weight excluding hydrogens is 324 g/mol. The average Bonchev–Trinajstić information content (AvgIpc) is 3.21. The van der Waals surface area contributed by atoms with Crippen molar-refractivity contribution in [2.24, 2.45) is 0 Å². The maximum Gasteiger partial charge on any atom is 0.315 e. The van der Waals surface area contributed by atoms with Crippen LogP contribution in [0.1, 0.15) is 37.8 Å². The Morgan fingerprint density at radius 2 is 1.85 bits per heavy atom. The Kier molecular flexibility index (Phi) is 5.76. The van der Waals surface area contributed by atoms with E-state index in [0.29, 0.717) is 13.1 Å². The van der Waals surface area contributed by atoms with Crippen LogP contribution < -0.4 is 15.5 Å². The highest BCUT2D eigenvalue weighted by molar-refractivity contribution is 5.74. The van der Waals surface area contributed by atoms with Gasteiger partial charge in [-0.05, 0) is 36.1 Å². The predicted octanol–water partition coefficient (Wildman–Crippen LogP) is 3.46. The second kappa shape index (κ2) is 8.21. The first-order chi connectivity index (χ1) is 12.5. The Hall–Kier alpha value is -2.56. The Morgan fingerprint density at radius 1 is 1.12 bits per heavy atom. The second-order valence-electron chi connectivity index (χ2n) is 7.50. The second-order valence-corrected chi connectivity index (χ2v) is 7.50. The molecule has 0 spiro atoms. The number of carbonyl (C=O) groups excluding carboxylic acids is 1. The van der Waals surface area contributed by atoms with Crippen LogP contribution in [0, 0.1) is 0 Å². The number of aromatic nitrogens is 1. The average molecular weight is 352 g/mol. The Balaban J connectivity index is 1.49. The van der Waals surface area contributed by atoms with Gasteiger partial charge in [-0.3, -0.25) is 0 Å². The summed E-state index contributed by atoms with van der Waals surface area (Å²) < 4.78 is 0. The number of pyridine rings is 1. The number of nitrogens with one attached hydrogen (secondary N) is 2. The van der Waals surface area contributed by atoms with E-state index in [4.69, 9.17) is 0 Å². The van der Waals surface area contributed by atoms with Crippen LogP contribution in [-0.4, -0.2) is 30.6 Å². The van der Waals surface area contributed by atoms with Crippen molar-refractivity contribution in [3.05, 3.63) is 59.8 Å². The van der Waals surface area contributed by atoms with Gasteiger partial charge in [-0.2, -0.15) is 0 Å². The summed E-state index contributed by atoms with van der Waals surface area (Å²) in [5, 5.41) is 5.93. The zero-order valence-corrected chi connectivity index (χ0v) is 15.7. The molecule has 2 N–H and O–H groups in total. The molecule has 1 aliphatic heterocycles. The minimum Gasteiger partial charge on any atom is -0.357 e. The van der Waals surface area contributed by atoms with Crippen molar-refractivity contribution >= 4 is 11.8 Å². The molecule has 2 amide bonds. The first kappa shape index (κ1) is 18.2. The van der Waals surface area contributed by atoms with Gasteiger partial charge in [-0.1, -0.05) is 44.2 Å². The van der Waals surface area contributed by atoms with Crippen molar-refractivity contribution in [2.45, 2.75) is 38.6 Å². The van der Waals surface area contributed by atoms with Crippen molar-refractivity contribution in [1.29, 1.82) is 0 Å². The maximum atomic E-state index is 12.2. The molecule has 2 aromatic rings. The number of nitrogens with zero attached hydrogens (tertiary/aromatic N) is 2. The molecule has 2 heterocycles. The lowest BCUT2D eigenvalue weighted by Crippen LogP contribution is -2.42. The first-order valence-electron chi connectivity index (χ1n) is 9.32. The zero-order chi connectivity index (χ0) is 18.4. The fourth-order valence-corrected chi connectivity index (χ4v) is 3.23.